The average molecular weight is 404 g/mol. The fourth-order valence-electron chi connectivity index (χ4n) is 2.80. The van der Waals surface area contributed by atoms with Crippen molar-refractivity contribution in [3.8, 4) is 23.1 Å². The standard InChI is InChI=1S/C22H14ClN3OS/c1-27-18-8-7-15-9-16(21(23)25-19(15)11-18)10-17(12-24)22-26-20(13-28-22)14-5-3-2-4-6-14/h2-11,13H,1H3/b17-10+. The molecule has 0 saturated heterocycles. The number of pyridine rings is 1. The third-order valence-electron chi connectivity index (χ3n) is 4.23. The Morgan fingerprint density at radius 2 is 1.96 bits per heavy atom. The second kappa shape index (κ2) is 7.81. The quantitative estimate of drug-likeness (QED) is 0.306. The first-order chi connectivity index (χ1) is 13.7. The summed E-state index contributed by atoms with van der Waals surface area (Å²) in [6.45, 7) is 0. The van der Waals surface area contributed by atoms with Crippen LogP contribution in [0.1, 0.15) is 10.6 Å². The highest BCUT2D eigenvalue weighted by atomic mass is 35.5. The molecule has 0 N–H and O–H groups in total. The minimum atomic E-state index is 0.327. The summed E-state index contributed by atoms with van der Waals surface area (Å²) in [4.78, 5) is 9.04. The van der Waals surface area contributed by atoms with Gasteiger partial charge in [-0.25, -0.2) is 9.97 Å². The SMILES string of the molecule is COc1ccc2cc(/C=C(\C#N)c3nc(-c4ccccc4)cs3)c(Cl)nc2c1. The van der Waals surface area contributed by atoms with Crippen LogP contribution in [0.5, 0.6) is 5.75 Å². The molecule has 2 heterocycles. The number of allylic oxidation sites excluding steroid dienone is 1. The molecule has 0 saturated carbocycles. The maximum absolute atomic E-state index is 9.66. The first-order valence-corrected chi connectivity index (χ1v) is 9.71. The van der Waals surface area contributed by atoms with Crippen molar-refractivity contribution in [1.82, 2.24) is 9.97 Å². The van der Waals surface area contributed by atoms with Crippen LogP contribution >= 0.6 is 22.9 Å². The first-order valence-electron chi connectivity index (χ1n) is 8.45. The Labute approximate surface area is 171 Å². The number of methoxy groups -OCH3 is 1. The van der Waals surface area contributed by atoms with Crippen LogP contribution in [-0.4, -0.2) is 17.1 Å². The number of hydrogen-bond acceptors (Lipinski definition) is 5. The van der Waals surface area contributed by atoms with E-state index in [1.54, 1.807) is 13.2 Å². The minimum Gasteiger partial charge on any atom is -0.497 e. The Bertz CT molecular complexity index is 1230. The summed E-state index contributed by atoms with van der Waals surface area (Å²) >= 11 is 7.79. The molecule has 0 amide bonds. The Hall–Kier alpha value is -3.20. The van der Waals surface area contributed by atoms with Crippen molar-refractivity contribution in [2.24, 2.45) is 0 Å². The predicted molar refractivity (Wildman–Crippen MR) is 114 cm³/mol. The van der Waals surface area contributed by atoms with E-state index in [0.29, 0.717) is 27.0 Å². The van der Waals surface area contributed by atoms with E-state index in [0.717, 1.165) is 22.2 Å². The van der Waals surface area contributed by atoms with Crippen LogP contribution in [0, 0.1) is 11.3 Å². The number of fused-ring (bicyclic) bond motifs is 1. The van der Waals surface area contributed by atoms with Crippen molar-refractivity contribution < 1.29 is 4.74 Å². The lowest BCUT2D eigenvalue weighted by Gasteiger charge is -2.05. The summed E-state index contributed by atoms with van der Waals surface area (Å²) in [5.74, 6) is 0.716. The van der Waals surface area contributed by atoms with Gasteiger partial charge in [-0.1, -0.05) is 41.9 Å². The average Bonchev–Trinajstić information content (AvgIpc) is 3.22. The molecule has 0 aliphatic heterocycles. The van der Waals surface area contributed by atoms with Crippen LogP contribution in [0.25, 0.3) is 33.8 Å². The van der Waals surface area contributed by atoms with Gasteiger partial charge in [0.25, 0.3) is 0 Å². The van der Waals surface area contributed by atoms with Crippen LogP contribution in [0.2, 0.25) is 5.15 Å². The number of thiazole rings is 1. The molecule has 4 nitrogen and oxygen atoms in total. The molecule has 2 aromatic carbocycles. The summed E-state index contributed by atoms with van der Waals surface area (Å²) in [5, 5.41) is 13.5. The van der Waals surface area contributed by atoms with Crippen LogP contribution in [0.3, 0.4) is 0 Å². The van der Waals surface area contributed by atoms with Crippen LogP contribution in [-0.2, 0) is 0 Å². The molecule has 0 atom stereocenters. The van der Waals surface area contributed by atoms with Crippen molar-refractivity contribution in [1.29, 1.82) is 5.26 Å². The third-order valence-corrected chi connectivity index (χ3v) is 5.41. The number of benzene rings is 2. The van der Waals surface area contributed by atoms with Crippen molar-refractivity contribution >= 4 is 45.5 Å². The lowest BCUT2D eigenvalue weighted by Crippen LogP contribution is -1.89. The number of aromatic nitrogens is 2. The highest BCUT2D eigenvalue weighted by Gasteiger charge is 2.11. The normalized spacial score (nSPS) is 11.4. The largest absolute Gasteiger partial charge is 0.497 e. The monoisotopic (exact) mass is 403 g/mol. The van der Waals surface area contributed by atoms with Gasteiger partial charge in [0.1, 0.15) is 22.0 Å². The second-order valence-corrected chi connectivity index (χ2v) is 7.22. The number of nitrogens with zero attached hydrogens (tertiary/aromatic N) is 3. The molecular weight excluding hydrogens is 390 g/mol. The van der Waals surface area contributed by atoms with E-state index in [-0.39, 0.29) is 0 Å². The first kappa shape index (κ1) is 18.2. The fraction of sp³-hybridized carbons (Fsp3) is 0.0455. The van der Waals surface area contributed by atoms with Gasteiger partial charge in [0.2, 0.25) is 0 Å². The molecule has 4 rings (SSSR count). The number of ether oxygens (including phenoxy) is 1. The maximum Gasteiger partial charge on any atom is 0.137 e. The van der Waals surface area contributed by atoms with E-state index in [2.05, 4.69) is 16.0 Å². The van der Waals surface area contributed by atoms with Crippen molar-refractivity contribution in [2.45, 2.75) is 0 Å². The Morgan fingerprint density at radius 1 is 1.14 bits per heavy atom. The van der Waals surface area contributed by atoms with E-state index in [1.807, 2.05) is 60.0 Å². The minimum absolute atomic E-state index is 0.327. The Kier molecular flexibility index (Phi) is 5.07. The van der Waals surface area contributed by atoms with Gasteiger partial charge in [-0.2, -0.15) is 5.26 Å². The fourth-order valence-corrected chi connectivity index (χ4v) is 3.80. The van der Waals surface area contributed by atoms with E-state index >= 15 is 0 Å². The summed E-state index contributed by atoms with van der Waals surface area (Å²) < 4.78 is 5.23. The Balaban J connectivity index is 1.73. The summed E-state index contributed by atoms with van der Waals surface area (Å²) in [5.41, 5.74) is 3.72. The molecule has 0 unspecified atom stereocenters. The van der Waals surface area contributed by atoms with Gasteiger partial charge in [-0.3, -0.25) is 0 Å². The number of halogens is 1. The molecule has 2 aromatic heterocycles. The number of hydrogen-bond donors (Lipinski definition) is 0. The molecule has 4 aromatic rings. The highest BCUT2D eigenvalue weighted by molar-refractivity contribution is 7.11. The maximum atomic E-state index is 9.66. The molecular formula is C22H14ClN3OS. The van der Waals surface area contributed by atoms with E-state index in [1.165, 1.54) is 11.3 Å². The van der Waals surface area contributed by atoms with Crippen molar-refractivity contribution in [3.05, 3.63) is 75.7 Å². The summed E-state index contributed by atoms with van der Waals surface area (Å²) in [7, 11) is 1.61. The zero-order chi connectivity index (χ0) is 19.5. The van der Waals surface area contributed by atoms with Gasteiger partial charge < -0.3 is 4.74 Å². The Morgan fingerprint density at radius 3 is 2.71 bits per heavy atom. The topological polar surface area (TPSA) is 58.8 Å². The molecule has 28 heavy (non-hydrogen) atoms. The number of nitriles is 1. The zero-order valence-corrected chi connectivity index (χ0v) is 16.5. The highest BCUT2D eigenvalue weighted by Crippen LogP contribution is 2.30. The molecule has 0 spiro atoms. The lowest BCUT2D eigenvalue weighted by atomic mass is 10.1. The van der Waals surface area contributed by atoms with Crippen LogP contribution in [0.4, 0.5) is 0 Å². The van der Waals surface area contributed by atoms with Gasteiger partial charge in [0.05, 0.1) is 23.9 Å². The molecule has 6 heteroatoms. The summed E-state index contributed by atoms with van der Waals surface area (Å²) in [6.07, 6.45) is 1.73. The van der Waals surface area contributed by atoms with E-state index in [4.69, 9.17) is 16.3 Å². The van der Waals surface area contributed by atoms with Gasteiger partial charge >= 0.3 is 0 Å². The molecule has 0 bridgehead atoms. The smallest absolute Gasteiger partial charge is 0.137 e. The molecule has 0 aliphatic carbocycles. The van der Waals surface area contributed by atoms with Gasteiger partial charge in [-0.05, 0) is 24.3 Å². The number of rotatable bonds is 4. The van der Waals surface area contributed by atoms with Crippen molar-refractivity contribution in [3.63, 3.8) is 0 Å². The van der Waals surface area contributed by atoms with E-state index in [9.17, 15) is 5.26 Å². The van der Waals surface area contributed by atoms with Gasteiger partial charge in [0.15, 0.2) is 0 Å². The second-order valence-electron chi connectivity index (χ2n) is 6.00. The molecule has 136 valence electrons. The molecule has 0 aliphatic rings. The zero-order valence-electron chi connectivity index (χ0n) is 14.9. The van der Waals surface area contributed by atoms with Crippen LogP contribution < -0.4 is 4.74 Å². The summed E-state index contributed by atoms with van der Waals surface area (Å²) in [6, 6.07) is 19.6. The molecule has 0 fully saturated rings. The molecule has 0 radical (unpaired) electrons. The van der Waals surface area contributed by atoms with Gasteiger partial charge in [0, 0.05) is 28.0 Å². The van der Waals surface area contributed by atoms with Gasteiger partial charge in [-0.15, -0.1) is 11.3 Å². The van der Waals surface area contributed by atoms with E-state index < -0.39 is 0 Å². The third kappa shape index (κ3) is 3.61. The van der Waals surface area contributed by atoms with Crippen LogP contribution in [0.15, 0.2) is 60.0 Å². The predicted octanol–water partition coefficient (Wildman–Crippen LogP) is 6.08. The van der Waals surface area contributed by atoms with Crippen molar-refractivity contribution in [2.75, 3.05) is 7.11 Å². The lowest BCUT2D eigenvalue weighted by molar-refractivity contribution is 0.415.